The standard InChI is InChI=1S/C21H24FN7OS/c1-28(2)20(14-5-7-15(22)8-6-14)17(30)12-19-26-27-21(31-19)24-16-9-11-29(13-16)18-4-3-10-23-25-18/h3-8,10,16,20H,9,11-13H2,1-2H3,(H,24,27)/t16-,20-/m1/s1. The lowest BCUT2D eigenvalue weighted by molar-refractivity contribution is -0.123. The average Bonchev–Trinajstić information content (AvgIpc) is 3.40. The predicted molar refractivity (Wildman–Crippen MR) is 118 cm³/mol. The molecule has 4 rings (SSSR count). The molecule has 3 aromatic rings. The summed E-state index contributed by atoms with van der Waals surface area (Å²) in [6.45, 7) is 1.70. The summed E-state index contributed by atoms with van der Waals surface area (Å²) in [5, 5.41) is 21.3. The number of ketones is 1. The molecule has 0 aliphatic carbocycles. The fourth-order valence-corrected chi connectivity index (χ4v) is 4.60. The molecule has 162 valence electrons. The summed E-state index contributed by atoms with van der Waals surface area (Å²) in [5.74, 6) is 0.540. The highest BCUT2D eigenvalue weighted by Crippen LogP contribution is 2.25. The van der Waals surface area contributed by atoms with Crippen LogP contribution in [-0.2, 0) is 11.2 Å². The second-order valence-corrected chi connectivity index (χ2v) is 8.78. The summed E-state index contributed by atoms with van der Waals surface area (Å²) in [4.78, 5) is 17.0. The Labute approximate surface area is 184 Å². The number of likely N-dealkylation sites (N-methyl/N-ethyl adjacent to an activating group) is 1. The Kier molecular flexibility index (Phi) is 6.47. The number of halogens is 1. The van der Waals surface area contributed by atoms with Crippen molar-refractivity contribution in [1.29, 1.82) is 0 Å². The van der Waals surface area contributed by atoms with Crippen molar-refractivity contribution in [2.45, 2.75) is 24.9 Å². The van der Waals surface area contributed by atoms with Crippen molar-refractivity contribution in [2.24, 2.45) is 0 Å². The molecule has 0 unspecified atom stereocenters. The molecule has 0 bridgehead atoms. The van der Waals surface area contributed by atoms with Gasteiger partial charge in [-0.15, -0.1) is 15.3 Å². The SMILES string of the molecule is CN(C)[C@@H](C(=O)Cc1nnc(N[C@@H]2CCN(c3cccnn3)C2)s1)c1ccc(F)cc1. The number of carbonyl (C=O) groups is 1. The van der Waals surface area contributed by atoms with Gasteiger partial charge in [-0.25, -0.2) is 4.39 Å². The molecule has 1 fully saturated rings. The number of nitrogens with zero attached hydrogens (tertiary/aromatic N) is 6. The lowest BCUT2D eigenvalue weighted by atomic mass is 10.00. The molecule has 1 aliphatic heterocycles. The van der Waals surface area contributed by atoms with Crippen LogP contribution in [0.3, 0.4) is 0 Å². The maximum Gasteiger partial charge on any atom is 0.205 e. The van der Waals surface area contributed by atoms with Gasteiger partial charge in [0.1, 0.15) is 10.8 Å². The van der Waals surface area contributed by atoms with Gasteiger partial charge in [0.25, 0.3) is 0 Å². The maximum absolute atomic E-state index is 13.3. The molecular weight excluding hydrogens is 417 g/mol. The van der Waals surface area contributed by atoms with E-state index in [2.05, 4.69) is 30.6 Å². The van der Waals surface area contributed by atoms with Crippen LogP contribution in [0.25, 0.3) is 0 Å². The van der Waals surface area contributed by atoms with Crippen LogP contribution in [0.5, 0.6) is 0 Å². The molecule has 2 atom stereocenters. The van der Waals surface area contributed by atoms with Gasteiger partial charge in [0, 0.05) is 25.3 Å². The average molecular weight is 442 g/mol. The molecule has 10 heteroatoms. The zero-order chi connectivity index (χ0) is 21.8. The highest BCUT2D eigenvalue weighted by atomic mass is 32.1. The van der Waals surface area contributed by atoms with Crippen LogP contribution in [0.15, 0.2) is 42.6 Å². The third-order valence-electron chi connectivity index (χ3n) is 5.20. The van der Waals surface area contributed by atoms with E-state index in [0.29, 0.717) is 10.1 Å². The van der Waals surface area contributed by atoms with Crippen LogP contribution in [0, 0.1) is 5.82 Å². The van der Waals surface area contributed by atoms with Crippen LogP contribution in [-0.4, -0.2) is 64.3 Å². The van der Waals surface area contributed by atoms with Crippen molar-refractivity contribution in [1.82, 2.24) is 25.3 Å². The number of carbonyl (C=O) groups excluding carboxylic acids is 1. The first-order valence-corrected chi connectivity index (χ1v) is 10.9. The van der Waals surface area contributed by atoms with Gasteiger partial charge in [-0.1, -0.05) is 23.5 Å². The summed E-state index contributed by atoms with van der Waals surface area (Å²) in [6.07, 6.45) is 2.80. The number of rotatable bonds is 8. The van der Waals surface area contributed by atoms with Crippen LogP contribution < -0.4 is 10.2 Å². The predicted octanol–water partition coefficient (Wildman–Crippen LogP) is 2.57. The number of hydrogen-bond donors (Lipinski definition) is 1. The zero-order valence-corrected chi connectivity index (χ0v) is 18.2. The minimum Gasteiger partial charge on any atom is -0.355 e. The molecule has 0 spiro atoms. The summed E-state index contributed by atoms with van der Waals surface area (Å²) in [5.41, 5.74) is 0.759. The number of anilines is 2. The molecule has 31 heavy (non-hydrogen) atoms. The van der Waals surface area contributed by atoms with Crippen LogP contribution in [0.1, 0.15) is 23.0 Å². The summed E-state index contributed by atoms with van der Waals surface area (Å²) in [6, 6.07) is 9.64. The second kappa shape index (κ2) is 9.44. The minimum absolute atomic E-state index is 0.00555. The fourth-order valence-electron chi connectivity index (χ4n) is 3.77. The third-order valence-corrected chi connectivity index (χ3v) is 6.05. The molecule has 1 aromatic carbocycles. The Bertz CT molecular complexity index is 1010. The van der Waals surface area contributed by atoms with Gasteiger partial charge in [0.05, 0.1) is 12.5 Å². The smallest absolute Gasteiger partial charge is 0.205 e. The van der Waals surface area contributed by atoms with Gasteiger partial charge in [-0.05, 0) is 50.3 Å². The topological polar surface area (TPSA) is 87.1 Å². The monoisotopic (exact) mass is 441 g/mol. The molecule has 2 aromatic heterocycles. The van der Waals surface area contributed by atoms with Crippen molar-refractivity contribution in [3.63, 3.8) is 0 Å². The van der Waals surface area contributed by atoms with E-state index in [4.69, 9.17) is 0 Å². The highest BCUT2D eigenvalue weighted by Gasteiger charge is 2.26. The largest absolute Gasteiger partial charge is 0.355 e. The van der Waals surface area contributed by atoms with Crippen molar-refractivity contribution >= 4 is 28.1 Å². The first-order chi connectivity index (χ1) is 15.0. The number of benzene rings is 1. The van der Waals surface area contributed by atoms with Gasteiger partial charge >= 0.3 is 0 Å². The van der Waals surface area contributed by atoms with E-state index in [1.54, 1.807) is 18.3 Å². The normalized spacial score (nSPS) is 17.2. The molecular formula is C21H24FN7OS. The minimum atomic E-state index is -0.462. The lowest BCUT2D eigenvalue weighted by Crippen LogP contribution is -2.29. The fraction of sp³-hybridized carbons (Fsp3) is 0.381. The lowest BCUT2D eigenvalue weighted by Gasteiger charge is -2.23. The molecule has 0 saturated carbocycles. The molecule has 0 radical (unpaired) electrons. The van der Waals surface area contributed by atoms with E-state index in [1.165, 1.54) is 23.5 Å². The molecule has 1 aliphatic rings. The Morgan fingerprint density at radius 1 is 1.26 bits per heavy atom. The van der Waals surface area contributed by atoms with Crippen molar-refractivity contribution < 1.29 is 9.18 Å². The van der Waals surface area contributed by atoms with Crippen molar-refractivity contribution in [3.8, 4) is 0 Å². The van der Waals surface area contributed by atoms with E-state index < -0.39 is 6.04 Å². The molecule has 1 N–H and O–H groups in total. The van der Waals surface area contributed by atoms with Crippen LogP contribution in [0.2, 0.25) is 0 Å². The first-order valence-electron chi connectivity index (χ1n) is 10.1. The number of nitrogens with one attached hydrogen (secondary N) is 1. The quantitative estimate of drug-likeness (QED) is 0.571. The summed E-state index contributed by atoms with van der Waals surface area (Å²) in [7, 11) is 3.67. The Morgan fingerprint density at radius 2 is 2.06 bits per heavy atom. The van der Waals surface area contributed by atoms with E-state index in [1.807, 2.05) is 31.1 Å². The van der Waals surface area contributed by atoms with E-state index >= 15 is 0 Å². The summed E-state index contributed by atoms with van der Waals surface area (Å²) >= 11 is 1.39. The van der Waals surface area contributed by atoms with Gasteiger partial charge in [-0.2, -0.15) is 5.10 Å². The van der Waals surface area contributed by atoms with Gasteiger partial charge < -0.3 is 10.2 Å². The van der Waals surface area contributed by atoms with Crippen LogP contribution in [0.4, 0.5) is 15.3 Å². The Morgan fingerprint density at radius 3 is 2.77 bits per heavy atom. The van der Waals surface area contributed by atoms with Gasteiger partial charge in [-0.3, -0.25) is 9.69 Å². The number of hydrogen-bond acceptors (Lipinski definition) is 9. The molecule has 8 nitrogen and oxygen atoms in total. The molecule has 1 saturated heterocycles. The van der Waals surface area contributed by atoms with E-state index in [0.717, 1.165) is 30.9 Å². The van der Waals surface area contributed by atoms with E-state index in [9.17, 15) is 9.18 Å². The number of aromatic nitrogens is 4. The zero-order valence-electron chi connectivity index (χ0n) is 17.4. The van der Waals surface area contributed by atoms with Crippen LogP contribution >= 0.6 is 11.3 Å². The first kappa shape index (κ1) is 21.3. The second-order valence-electron chi connectivity index (χ2n) is 7.72. The Hall–Kier alpha value is -2.98. The van der Waals surface area contributed by atoms with Crippen molar-refractivity contribution in [3.05, 3.63) is 59.0 Å². The van der Waals surface area contributed by atoms with Gasteiger partial charge in [0.2, 0.25) is 5.13 Å². The maximum atomic E-state index is 13.3. The summed E-state index contributed by atoms with van der Waals surface area (Å²) < 4.78 is 13.3. The van der Waals surface area contributed by atoms with E-state index in [-0.39, 0.29) is 24.1 Å². The third kappa shape index (κ3) is 5.20. The van der Waals surface area contributed by atoms with Gasteiger partial charge in [0.15, 0.2) is 11.6 Å². The highest BCUT2D eigenvalue weighted by molar-refractivity contribution is 7.15. The molecule has 0 amide bonds. The molecule has 3 heterocycles. The Balaban J connectivity index is 1.36. The van der Waals surface area contributed by atoms with Crippen molar-refractivity contribution in [2.75, 3.05) is 37.4 Å². The number of Topliss-reactive ketones (excluding diaryl/α,β-unsaturated/α-hetero) is 1.